The lowest BCUT2D eigenvalue weighted by Crippen LogP contribution is -2.49. The van der Waals surface area contributed by atoms with E-state index in [1.165, 1.54) is 0 Å². The Morgan fingerprint density at radius 1 is 0.947 bits per heavy atom. The Bertz CT molecular complexity index is 384. The minimum absolute atomic E-state index is 0. The van der Waals surface area contributed by atoms with Crippen LogP contribution in [0, 0.1) is 17.8 Å². The molecule has 2 aliphatic heterocycles. The molecule has 0 aromatic rings. The van der Waals surface area contributed by atoms with Crippen LogP contribution in [0.1, 0.15) is 27.2 Å². The molecular formula is C12H26ClN3O2S. The van der Waals surface area contributed by atoms with E-state index in [0.29, 0.717) is 38.0 Å². The summed E-state index contributed by atoms with van der Waals surface area (Å²) in [5, 5.41) is 0. The predicted molar refractivity (Wildman–Crippen MR) is 79.4 cm³/mol. The molecule has 0 aromatic heterocycles. The van der Waals surface area contributed by atoms with Gasteiger partial charge in [0, 0.05) is 32.2 Å². The van der Waals surface area contributed by atoms with Crippen molar-refractivity contribution in [1.82, 2.24) is 8.61 Å². The van der Waals surface area contributed by atoms with Gasteiger partial charge < -0.3 is 5.73 Å². The Morgan fingerprint density at radius 3 is 1.84 bits per heavy atom. The number of nitrogens with zero attached hydrogens (tertiary/aromatic N) is 2. The number of nitrogens with two attached hydrogens (primary N) is 1. The van der Waals surface area contributed by atoms with Gasteiger partial charge in [0.25, 0.3) is 10.2 Å². The van der Waals surface area contributed by atoms with Crippen molar-refractivity contribution in [2.75, 3.05) is 26.2 Å². The van der Waals surface area contributed by atoms with Crippen LogP contribution in [0.4, 0.5) is 0 Å². The Labute approximate surface area is 123 Å². The summed E-state index contributed by atoms with van der Waals surface area (Å²) in [6.45, 7) is 8.57. The molecule has 2 saturated heterocycles. The molecule has 0 saturated carbocycles. The van der Waals surface area contributed by atoms with Gasteiger partial charge in [-0.15, -0.1) is 12.4 Å². The van der Waals surface area contributed by atoms with E-state index < -0.39 is 10.2 Å². The first-order chi connectivity index (χ1) is 8.30. The van der Waals surface area contributed by atoms with Gasteiger partial charge in [0.2, 0.25) is 0 Å². The smallest absolute Gasteiger partial charge is 0.282 e. The fourth-order valence-corrected chi connectivity index (χ4v) is 5.09. The molecule has 5 nitrogen and oxygen atoms in total. The SMILES string of the molecule is CC1CC(C)CN(S(=O)(=O)N2CC(C)C(N)C2)C1.Cl. The summed E-state index contributed by atoms with van der Waals surface area (Å²) in [5.74, 6) is 1.13. The van der Waals surface area contributed by atoms with Gasteiger partial charge >= 0.3 is 0 Å². The number of halogens is 1. The maximum Gasteiger partial charge on any atom is 0.282 e. The molecule has 4 atom stereocenters. The van der Waals surface area contributed by atoms with Crippen molar-refractivity contribution in [3.05, 3.63) is 0 Å². The topological polar surface area (TPSA) is 66.6 Å². The highest BCUT2D eigenvalue weighted by Gasteiger charge is 2.39. The Morgan fingerprint density at radius 2 is 1.42 bits per heavy atom. The minimum Gasteiger partial charge on any atom is -0.326 e. The summed E-state index contributed by atoms with van der Waals surface area (Å²) in [6.07, 6.45) is 1.11. The summed E-state index contributed by atoms with van der Waals surface area (Å²) >= 11 is 0. The fourth-order valence-electron chi connectivity index (χ4n) is 3.09. The van der Waals surface area contributed by atoms with E-state index in [1.807, 2.05) is 6.92 Å². The molecule has 2 N–H and O–H groups in total. The van der Waals surface area contributed by atoms with Gasteiger partial charge in [0.15, 0.2) is 0 Å². The summed E-state index contributed by atoms with van der Waals surface area (Å²) < 4.78 is 28.3. The molecule has 2 fully saturated rings. The quantitative estimate of drug-likeness (QED) is 0.824. The van der Waals surface area contributed by atoms with Crippen LogP contribution in [-0.2, 0) is 10.2 Å². The first-order valence-corrected chi connectivity index (χ1v) is 8.21. The van der Waals surface area contributed by atoms with Crippen molar-refractivity contribution in [2.45, 2.75) is 33.2 Å². The highest BCUT2D eigenvalue weighted by atomic mass is 35.5. The van der Waals surface area contributed by atoms with Gasteiger partial charge in [-0.05, 0) is 24.2 Å². The van der Waals surface area contributed by atoms with Crippen LogP contribution < -0.4 is 5.73 Å². The van der Waals surface area contributed by atoms with E-state index in [-0.39, 0.29) is 24.4 Å². The number of hydrogen-bond acceptors (Lipinski definition) is 3. The van der Waals surface area contributed by atoms with Gasteiger partial charge in [-0.2, -0.15) is 17.0 Å². The molecule has 0 bridgehead atoms. The summed E-state index contributed by atoms with van der Waals surface area (Å²) in [6, 6.07) is -0.0283. The second kappa shape index (κ2) is 6.26. The Kier molecular flexibility index (Phi) is 5.66. The predicted octanol–water partition coefficient (Wildman–Crippen LogP) is 0.910. The van der Waals surface area contributed by atoms with E-state index in [1.54, 1.807) is 8.61 Å². The van der Waals surface area contributed by atoms with Crippen LogP contribution in [0.15, 0.2) is 0 Å². The van der Waals surface area contributed by atoms with Crippen LogP contribution in [0.2, 0.25) is 0 Å². The molecule has 114 valence electrons. The van der Waals surface area contributed by atoms with Crippen LogP contribution in [-0.4, -0.2) is 49.2 Å². The third-order valence-electron chi connectivity index (χ3n) is 4.12. The molecule has 2 rings (SSSR count). The zero-order valence-electron chi connectivity index (χ0n) is 11.9. The van der Waals surface area contributed by atoms with E-state index in [0.717, 1.165) is 6.42 Å². The third kappa shape index (κ3) is 3.61. The Hall–Kier alpha value is 0.120. The number of piperidine rings is 1. The lowest BCUT2D eigenvalue weighted by atomic mass is 9.94. The average Bonchev–Trinajstić information content (AvgIpc) is 2.58. The number of rotatable bonds is 2. The largest absolute Gasteiger partial charge is 0.326 e. The normalized spacial score (nSPS) is 38.1. The monoisotopic (exact) mass is 311 g/mol. The molecule has 0 spiro atoms. The lowest BCUT2D eigenvalue weighted by molar-refractivity contribution is 0.211. The van der Waals surface area contributed by atoms with Crippen molar-refractivity contribution < 1.29 is 8.42 Å². The first kappa shape index (κ1) is 17.2. The van der Waals surface area contributed by atoms with Crippen LogP contribution >= 0.6 is 12.4 Å². The van der Waals surface area contributed by atoms with Gasteiger partial charge in [-0.1, -0.05) is 20.8 Å². The van der Waals surface area contributed by atoms with Crippen LogP contribution in [0.5, 0.6) is 0 Å². The van der Waals surface area contributed by atoms with Crippen LogP contribution in [0.3, 0.4) is 0 Å². The van der Waals surface area contributed by atoms with Crippen LogP contribution in [0.25, 0.3) is 0 Å². The summed E-state index contributed by atoms with van der Waals surface area (Å²) in [7, 11) is -3.31. The molecule has 4 unspecified atom stereocenters. The second-order valence-electron chi connectivity index (χ2n) is 6.23. The van der Waals surface area contributed by atoms with E-state index in [4.69, 9.17) is 5.73 Å². The molecule has 2 aliphatic rings. The zero-order chi connectivity index (χ0) is 13.5. The van der Waals surface area contributed by atoms with Gasteiger partial charge in [-0.3, -0.25) is 0 Å². The van der Waals surface area contributed by atoms with E-state index in [9.17, 15) is 8.42 Å². The molecule has 0 radical (unpaired) electrons. The molecule has 0 amide bonds. The molecule has 7 heteroatoms. The standard InChI is InChI=1S/C12H25N3O2S.ClH/c1-9-4-10(2)6-14(5-9)18(16,17)15-7-11(3)12(13)8-15;/h9-12H,4-8,13H2,1-3H3;1H. The lowest BCUT2D eigenvalue weighted by Gasteiger charge is -2.36. The first-order valence-electron chi connectivity index (χ1n) is 6.81. The summed E-state index contributed by atoms with van der Waals surface area (Å²) in [4.78, 5) is 0. The van der Waals surface area contributed by atoms with Gasteiger partial charge in [0.05, 0.1) is 0 Å². The Balaban J connectivity index is 0.00000180. The molecule has 0 aromatic carbocycles. The average molecular weight is 312 g/mol. The number of hydrogen-bond donors (Lipinski definition) is 1. The zero-order valence-corrected chi connectivity index (χ0v) is 13.6. The molecule has 19 heavy (non-hydrogen) atoms. The highest BCUT2D eigenvalue weighted by molar-refractivity contribution is 7.86. The second-order valence-corrected chi connectivity index (χ2v) is 8.16. The van der Waals surface area contributed by atoms with E-state index >= 15 is 0 Å². The van der Waals surface area contributed by atoms with Crippen molar-refractivity contribution in [2.24, 2.45) is 23.5 Å². The highest BCUT2D eigenvalue weighted by Crippen LogP contribution is 2.27. The third-order valence-corrected chi connectivity index (χ3v) is 6.03. The minimum atomic E-state index is -3.31. The summed E-state index contributed by atoms with van der Waals surface area (Å²) in [5.41, 5.74) is 5.92. The molecule has 0 aliphatic carbocycles. The molecule has 2 heterocycles. The van der Waals surface area contributed by atoms with Crippen molar-refractivity contribution in [3.63, 3.8) is 0 Å². The van der Waals surface area contributed by atoms with Gasteiger partial charge in [-0.25, -0.2) is 0 Å². The maximum atomic E-state index is 12.6. The van der Waals surface area contributed by atoms with Crippen molar-refractivity contribution in [3.8, 4) is 0 Å². The van der Waals surface area contributed by atoms with Gasteiger partial charge in [0.1, 0.15) is 0 Å². The van der Waals surface area contributed by atoms with E-state index in [2.05, 4.69) is 13.8 Å². The maximum absolute atomic E-state index is 12.6. The van der Waals surface area contributed by atoms with Crippen molar-refractivity contribution >= 4 is 22.6 Å². The molecular weight excluding hydrogens is 286 g/mol. The fraction of sp³-hybridized carbons (Fsp3) is 1.00. The van der Waals surface area contributed by atoms with Crippen molar-refractivity contribution in [1.29, 1.82) is 0 Å².